The maximum atomic E-state index is 8.77. The molecule has 2 aromatic carbocycles. The van der Waals surface area contributed by atoms with Crippen molar-refractivity contribution in [2.24, 2.45) is 0 Å². The van der Waals surface area contributed by atoms with E-state index in [9.17, 15) is 0 Å². The number of nitriles is 1. The summed E-state index contributed by atoms with van der Waals surface area (Å²) in [5, 5.41) is 13.1. The molecule has 0 bridgehead atoms. The lowest BCUT2D eigenvalue weighted by Gasteiger charge is -2.10. The van der Waals surface area contributed by atoms with Gasteiger partial charge in [-0.3, -0.25) is 4.68 Å². The minimum atomic E-state index is 0.457. The number of ether oxygens (including phenoxy) is 1. The Hall–Kier alpha value is -3.06. The molecule has 0 saturated carbocycles. The number of aryl methyl sites for hydroxylation is 2. The summed E-state index contributed by atoms with van der Waals surface area (Å²) < 4.78 is 7.28. The zero-order valence-corrected chi connectivity index (χ0v) is 14.6. The van der Waals surface area contributed by atoms with Gasteiger partial charge in [0.25, 0.3) is 0 Å². The maximum Gasteiger partial charge on any atom is 0.122 e. The van der Waals surface area contributed by atoms with Gasteiger partial charge in [0.05, 0.1) is 31.8 Å². The van der Waals surface area contributed by atoms with Crippen molar-refractivity contribution in [3.8, 4) is 34.2 Å². The Kier molecular flexibility index (Phi) is 5.15. The van der Waals surface area contributed by atoms with Crippen LogP contribution in [0, 0.1) is 11.3 Å². The van der Waals surface area contributed by atoms with Crippen LogP contribution in [0.1, 0.15) is 18.9 Å². The number of methoxy groups -OCH3 is 1. The lowest BCUT2D eigenvalue weighted by molar-refractivity contribution is 0.410. The Morgan fingerprint density at radius 1 is 1.04 bits per heavy atom. The van der Waals surface area contributed by atoms with Gasteiger partial charge in [-0.1, -0.05) is 37.3 Å². The topological polar surface area (TPSA) is 50.8 Å². The van der Waals surface area contributed by atoms with Crippen LogP contribution >= 0.6 is 0 Å². The molecule has 0 atom stereocenters. The third kappa shape index (κ3) is 3.56. The Morgan fingerprint density at radius 2 is 1.76 bits per heavy atom. The summed E-state index contributed by atoms with van der Waals surface area (Å²) in [4.78, 5) is 0. The van der Waals surface area contributed by atoms with Crippen LogP contribution < -0.4 is 4.74 Å². The lowest BCUT2D eigenvalue weighted by atomic mass is 9.99. The minimum Gasteiger partial charge on any atom is -0.496 e. The zero-order chi connectivity index (χ0) is 17.6. The average Bonchev–Trinajstić information content (AvgIpc) is 3.14. The predicted molar refractivity (Wildman–Crippen MR) is 99.3 cm³/mol. The van der Waals surface area contributed by atoms with Crippen LogP contribution in [0.2, 0.25) is 0 Å². The van der Waals surface area contributed by atoms with E-state index in [1.165, 1.54) is 16.7 Å². The second-order valence-electron chi connectivity index (χ2n) is 5.81. The Bertz CT molecular complexity index is 888. The van der Waals surface area contributed by atoms with Gasteiger partial charge >= 0.3 is 0 Å². The molecule has 126 valence electrons. The maximum absolute atomic E-state index is 8.77. The largest absolute Gasteiger partial charge is 0.496 e. The van der Waals surface area contributed by atoms with E-state index in [0.29, 0.717) is 13.0 Å². The van der Waals surface area contributed by atoms with E-state index in [2.05, 4.69) is 54.5 Å². The fraction of sp³-hybridized carbons (Fsp3) is 0.238. The van der Waals surface area contributed by atoms with Crippen molar-refractivity contribution in [3.63, 3.8) is 0 Å². The summed E-state index contributed by atoms with van der Waals surface area (Å²) in [6, 6.07) is 18.9. The van der Waals surface area contributed by atoms with Gasteiger partial charge in [-0.2, -0.15) is 10.4 Å². The summed E-state index contributed by atoms with van der Waals surface area (Å²) in [5.74, 6) is 0.935. The number of hydrogen-bond donors (Lipinski definition) is 0. The Morgan fingerprint density at radius 3 is 2.44 bits per heavy atom. The molecule has 0 radical (unpaired) electrons. The number of benzene rings is 2. The highest BCUT2D eigenvalue weighted by molar-refractivity contribution is 5.70. The normalized spacial score (nSPS) is 10.4. The third-order valence-corrected chi connectivity index (χ3v) is 4.33. The quantitative estimate of drug-likeness (QED) is 0.658. The van der Waals surface area contributed by atoms with Crippen LogP contribution in [0.3, 0.4) is 0 Å². The highest BCUT2D eigenvalue weighted by Gasteiger charge is 2.07. The van der Waals surface area contributed by atoms with Gasteiger partial charge in [-0.15, -0.1) is 0 Å². The van der Waals surface area contributed by atoms with Crippen LogP contribution in [0.15, 0.2) is 54.7 Å². The number of rotatable bonds is 6. The predicted octanol–water partition coefficient (Wildman–Crippen LogP) is 4.70. The fourth-order valence-corrected chi connectivity index (χ4v) is 2.98. The SMILES string of the molecule is CCc1cc(-c2ccc(-c3ccnn3CCC#N)cc2)ccc1OC. The van der Waals surface area contributed by atoms with Crippen LogP contribution in [-0.4, -0.2) is 16.9 Å². The summed E-state index contributed by atoms with van der Waals surface area (Å²) >= 11 is 0. The molecular formula is C21H21N3O. The molecule has 0 N–H and O–H groups in total. The van der Waals surface area contributed by atoms with Crippen LogP contribution in [0.25, 0.3) is 22.4 Å². The molecule has 0 unspecified atom stereocenters. The first-order valence-corrected chi connectivity index (χ1v) is 8.43. The van der Waals surface area contributed by atoms with Crippen molar-refractivity contribution in [1.29, 1.82) is 5.26 Å². The monoisotopic (exact) mass is 331 g/mol. The molecule has 3 rings (SSSR count). The van der Waals surface area contributed by atoms with Gasteiger partial charge in [0, 0.05) is 6.20 Å². The molecule has 0 aliphatic carbocycles. The smallest absolute Gasteiger partial charge is 0.122 e. The zero-order valence-electron chi connectivity index (χ0n) is 14.6. The van der Waals surface area contributed by atoms with E-state index in [-0.39, 0.29) is 0 Å². The first-order chi connectivity index (χ1) is 12.3. The second-order valence-corrected chi connectivity index (χ2v) is 5.81. The highest BCUT2D eigenvalue weighted by Crippen LogP contribution is 2.29. The van der Waals surface area contributed by atoms with Gasteiger partial charge in [0.15, 0.2) is 0 Å². The lowest BCUT2D eigenvalue weighted by Crippen LogP contribution is -2.01. The molecule has 0 saturated heterocycles. The van der Waals surface area contributed by atoms with Crippen molar-refractivity contribution < 1.29 is 4.74 Å². The van der Waals surface area contributed by atoms with Crippen molar-refractivity contribution in [2.75, 3.05) is 7.11 Å². The fourth-order valence-electron chi connectivity index (χ4n) is 2.98. The summed E-state index contributed by atoms with van der Waals surface area (Å²) in [6.45, 7) is 2.74. The highest BCUT2D eigenvalue weighted by atomic mass is 16.5. The summed E-state index contributed by atoms with van der Waals surface area (Å²) in [5.41, 5.74) is 5.69. The first kappa shape index (κ1) is 16.8. The molecular weight excluding hydrogens is 310 g/mol. The van der Waals surface area contributed by atoms with Crippen molar-refractivity contribution >= 4 is 0 Å². The van der Waals surface area contributed by atoms with Gasteiger partial charge in [0.2, 0.25) is 0 Å². The van der Waals surface area contributed by atoms with Gasteiger partial charge < -0.3 is 4.74 Å². The van der Waals surface area contributed by atoms with E-state index in [1.54, 1.807) is 13.3 Å². The van der Waals surface area contributed by atoms with E-state index in [4.69, 9.17) is 10.00 Å². The van der Waals surface area contributed by atoms with Gasteiger partial charge in [-0.05, 0) is 46.9 Å². The number of aromatic nitrogens is 2. The van der Waals surface area contributed by atoms with Gasteiger partial charge in [-0.25, -0.2) is 0 Å². The van der Waals surface area contributed by atoms with Crippen molar-refractivity contribution in [3.05, 3.63) is 60.3 Å². The number of hydrogen-bond acceptors (Lipinski definition) is 3. The molecule has 0 fully saturated rings. The van der Waals surface area contributed by atoms with Crippen LogP contribution in [-0.2, 0) is 13.0 Å². The van der Waals surface area contributed by atoms with Crippen molar-refractivity contribution in [1.82, 2.24) is 9.78 Å². The number of nitrogens with zero attached hydrogens (tertiary/aromatic N) is 3. The molecule has 1 heterocycles. The van der Waals surface area contributed by atoms with Gasteiger partial charge in [0.1, 0.15) is 5.75 Å². The summed E-state index contributed by atoms with van der Waals surface area (Å²) in [6.07, 6.45) is 3.17. The molecule has 1 aromatic heterocycles. The molecule has 3 aromatic rings. The third-order valence-electron chi connectivity index (χ3n) is 4.33. The van der Waals surface area contributed by atoms with E-state index in [1.807, 2.05) is 16.8 Å². The Balaban J connectivity index is 1.88. The Labute approximate surface area is 148 Å². The summed E-state index contributed by atoms with van der Waals surface area (Å²) in [7, 11) is 1.71. The second kappa shape index (κ2) is 7.67. The first-order valence-electron chi connectivity index (χ1n) is 8.43. The van der Waals surface area contributed by atoms with E-state index in [0.717, 1.165) is 23.4 Å². The molecule has 0 aliphatic heterocycles. The van der Waals surface area contributed by atoms with Crippen LogP contribution in [0.5, 0.6) is 5.75 Å². The molecule has 4 heteroatoms. The van der Waals surface area contributed by atoms with E-state index >= 15 is 0 Å². The molecule has 0 aliphatic rings. The van der Waals surface area contributed by atoms with E-state index < -0.39 is 0 Å². The molecule has 25 heavy (non-hydrogen) atoms. The average molecular weight is 331 g/mol. The minimum absolute atomic E-state index is 0.457. The molecule has 4 nitrogen and oxygen atoms in total. The standard InChI is InChI=1S/C21H21N3O/c1-3-16-15-19(9-10-21(16)25-2)17-5-7-18(8-6-17)20-11-13-23-24(20)14-4-12-22/h5-11,13,15H,3-4,14H2,1-2H3. The molecule has 0 amide bonds. The molecule has 0 spiro atoms. The van der Waals surface area contributed by atoms with Crippen LogP contribution in [0.4, 0.5) is 0 Å². The van der Waals surface area contributed by atoms with Crippen molar-refractivity contribution in [2.45, 2.75) is 26.3 Å².